The zero-order chi connectivity index (χ0) is 28.0. The van der Waals surface area contributed by atoms with Crippen LogP contribution < -0.4 is 5.32 Å². The summed E-state index contributed by atoms with van der Waals surface area (Å²) < 4.78 is 6.50. The van der Waals surface area contributed by atoms with Gasteiger partial charge in [-0.1, -0.05) is 124 Å². The molecule has 0 saturated carbocycles. The second-order valence-corrected chi connectivity index (χ2v) is 14.2. The molecule has 2 heteroatoms. The van der Waals surface area contributed by atoms with Gasteiger partial charge in [0, 0.05) is 6.54 Å². The Labute approximate surface area is 235 Å². The van der Waals surface area contributed by atoms with Crippen LogP contribution >= 0.6 is 0 Å². The van der Waals surface area contributed by atoms with E-state index >= 15 is 0 Å². The average Bonchev–Trinajstić information content (AvgIpc) is 2.80. The zero-order valence-electron chi connectivity index (χ0n) is 27.3. The molecule has 0 radical (unpaired) electrons. The SMILES string of the molecule is CCCCCCCC/C=C/CCCCCCCCC(C)(C)CC(C)OC(C)(C)CNCCC(C)(C)CC. The highest BCUT2D eigenvalue weighted by molar-refractivity contribution is 4.81. The molecule has 0 amide bonds. The predicted molar refractivity (Wildman–Crippen MR) is 169 cm³/mol. The summed E-state index contributed by atoms with van der Waals surface area (Å²) in [5, 5.41) is 3.64. The van der Waals surface area contributed by atoms with E-state index in [0.717, 1.165) is 19.5 Å². The monoisotopic (exact) mass is 522 g/mol. The topological polar surface area (TPSA) is 21.3 Å². The quantitative estimate of drug-likeness (QED) is 0.0902. The molecule has 0 bridgehead atoms. The fraction of sp³-hybridized carbons (Fsp3) is 0.943. The van der Waals surface area contributed by atoms with Crippen molar-refractivity contribution in [3.63, 3.8) is 0 Å². The Morgan fingerprint density at radius 1 is 0.649 bits per heavy atom. The molecule has 1 unspecified atom stereocenters. The van der Waals surface area contributed by atoms with E-state index in [4.69, 9.17) is 4.74 Å². The Hall–Kier alpha value is -0.340. The first-order chi connectivity index (χ1) is 17.4. The molecule has 222 valence electrons. The Kier molecular flexibility index (Phi) is 21.3. The minimum Gasteiger partial charge on any atom is -0.371 e. The van der Waals surface area contributed by atoms with Gasteiger partial charge in [-0.15, -0.1) is 0 Å². The van der Waals surface area contributed by atoms with Crippen LogP contribution in [0.4, 0.5) is 0 Å². The summed E-state index contributed by atoms with van der Waals surface area (Å²) in [7, 11) is 0. The Balaban J connectivity index is 3.79. The molecule has 0 aromatic rings. The molecule has 0 saturated heterocycles. The lowest BCUT2D eigenvalue weighted by Gasteiger charge is -2.34. The van der Waals surface area contributed by atoms with Crippen molar-refractivity contribution in [1.29, 1.82) is 0 Å². The normalized spacial score (nSPS) is 14.1. The van der Waals surface area contributed by atoms with Gasteiger partial charge in [0.1, 0.15) is 0 Å². The lowest BCUT2D eigenvalue weighted by atomic mass is 9.81. The Morgan fingerprint density at radius 2 is 1.16 bits per heavy atom. The highest BCUT2D eigenvalue weighted by Gasteiger charge is 2.26. The molecule has 0 aliphatic heterocycles. The van der Waals surface area contributed by atoms with Crippen molar-refractivity contribution < 1.29 is 4.74 Å². The Bertz CT molecular complexity index is 533. The smallest absolute Gasteiger partial charge is 0.0753 e. The van der Waals surface area contributed by atoms with Crippen LogP contribution in [0.3, 0.4) is 0 Å². The van der Waals surface area contributed by atoms with Crippen molar-refractivity contribution in [2.45, 2.75) is 190 Å². The van der Waals surface area contributed by atoms with Crippen molar-refractivity contribution in [3.8, 4) is 0 Å². The van der Waals surface area contributed by atoms with Crippen LogP contribution in [0.15, 0.2) is 12.2 Å². The molecule has 37 heavy (non-hydrogen) atoms. The fourth-order valence-electron chi connectivity index (χ4n) is 5.35. The van der Waals surface area contributed by atoms with Gasteiger partial charge >= 0.3 is 0 Å². The minimum absolute atomic E-state index is 0.116. The van der Waals surface area contributed by atoms with Gasteiger partial charge in [0.05, 0.1) is 11.7 Å². The number of ether oxygens (including phenoxy) is 1. The number of hydrogen-bond donors (Lipinski definition) is 1. The summed E-state index contributed by atoms with van der Waals surface area (Å²) in [4.78, 5) is 0. The van der Waals surface area contributed by atoms with E-state index in [-0.39, 0.29) is 5.60 Å². The van der Waals surface area contributed by atoms with Gasteiger partial charge in [-0.05, 0) is 83.1 Å². The molecular weight excluding hydrogens is 450 g/mol. The first kappa shape index (κ1) is 36.7. The van der Waals surface area contributed by atoms with Gasteiger partial charge in [-0.3, -0.25) is 0 Å². The molecule has 0 heterocycles. The van der Waals surface area contributed by atoms with Crippen molar-refractivity contribution in [2.24, 2.45) is 10.8 Å². The number of unbranched alkanes of at least 4 members (excludes halogenated alkanes) is 12. The van der Waals surface area contributed by atoms with Crippen LogP contribution in [0, 0.1) is 10.8 Å². The standard InChI is InChI=1S/C35H71NO/c1-10-12-13-14-15-16-17-18-19-20-21-22-23-24-25-26-27-34(6,7)30-32(3)37-35(8,9)31-36-29-28-33(4,5)11-2/h18-19,32,36H,10-17,20-31H2,1-9H3/b19-18+. The van der Waals surface area contributed by atoms with Crippen molar-refractivity contribution in [2.75, 3.05) is 13.1 Å². The van der Waals surface area contributed by atoms with Gasteiger partial charge < -0.3 is 10.1 Å². The second kappa shape index (κ2) is 21.5. The van der Waals surface area contributed by atoms with E-state index in [0.29, 0.717) is 16.9 Å². The third-order valence-electron chi connectivity index (χ3n) is 8.21. The summed E-state index contributed by atoms with van der Waals surface area (Å²) in [5.74, 6) is 0. The van der Waals surface area contributed by atoms with Crippen LogP contribution in [0.5, 0.6) is 0 Å². The van der Waals surface area contributed by atoms with E-state index in [1.54, 1.807) is 0 Å². The number of nitrogens with one attached hydrogen (secondary N) is 1. The summed E-state index contributed by atoms with van der Waals surface area (Å²) in [5.41, 5.74) is 0.670. The predicted octanol–water partition coefficient (Wildman–Crippen LogP) is 11.4. The molecule has 2 nitrogen and oxygen atoms in total. The van der Waals surface area contributed by atoms with E-state index in [2.05, 4.69) is 79.8 Å². The summed E-state index contributed by atoms with van der Waals surface area (Å²) >= 11 is 0. The number of allylic oxidation sites excluding steroid dienone is 2. The van der Waals surface area contributed by atoms with Crippen LogP contribution in [-0.2, 0) is 4.74 Å². The average molecular weight is 522 g/mol. The zero-order valence-corrected chi connectivity index (χ0v) is 27.3. The molecule has 0 fully saturated rings. The molecule has 0 aromatic carbocycles. The highest BCUT2D eigenvalue weighted by atomic mass is 16.5. The van der Waals surface area contributed by atoms with E-state index in [9.17, 15) is 0 Å². The second-order valence-electron chi connectivity index (χ2n) is 14.2. The van der Waals surface area contributed by atoms with E-state index < -0.39 is 0 Å². The molecule has 0 rings (SSSR count). The van der Waals surface area contributed by atoms with Gasteiger partial charge in [0.2, 0.25) is 0 Å². The molecule has 0 aliphatic carbocycles. The van der Waals surface area contributed by atoms with Crippen molar-refractivity contribution >= 4 is 0 Å². The molecule has 0 spiro atoms. The van der Waals surface area contributed by atoms with Gasteiger partial charge in [0.25, 0.3) is 0 Å². The van der Waals surface area contributed by atoms with Gasteiger partial charge in [-0.2, -0.15) is 0 Å². The maximum Gasteiger partial charge on any atom is 0.0753 e. The number of hydrogen-bond acceptors (Lipinski definition) is 2. The summed E-state index contributed by atoms with van der Waals surface area (Å²) in [6.45, 7) is 22.9. The lowest BCUT2D eigenvalue weighted by molar-refractivity contribution is -0.0769. The fourth-order valence-corrected chi connectivity index (χ4v) is 5.35. The van der Waals surface area contributed by atoms with Crippen molar-refractivity contribution in [1.82, 2.24) is 5.32 Å². The molecule has 1 N–H and O–H groups in total. The molecular formula is C35H71NO. The maximum atomic E-state index is 6.50. The number of rotatable bonds is 26. The van der Waals surface area contributed by atoms with Crippen LogP contribution in [-0.4, -0.2) is 24.8 Å². The minimum atomic E-state index is -0.116. The molecule has 0 aliphatic rings. The third kappa shape index (κ3) is 24.4. The lowest BCUT2D eigenvalue weighted by Crippen LogP contribution is -2.41. The first-order valence-corrected chi connectivity index (χ1v) is 16.5. The largest absolute Gasteiger partial charge is 0.371 e. The summed E-state index contributed by atoms with van der Waals surface area (Å²) in [6.07, 6.45) is 29.4. The van der Waals surface area contributed by atoms with Gasteiger partial charge in [0.15, 0.2) is 0 Å². The van der Waals surface area contributed by atoms with Gasteiger partial charge in [-0.25, -0.2) is 0 Å². The van der Waals surface area contributed by atoms with Crippen LogP contribution in [0.25, 0.3) is 0 Å². The first-order valence-electron chi connectivity index (χ1n) is 16.5. The van der Waals surface area contributed by atoms with Crippen LogP contribution in [0.1, 0.15) is 178 Å². The molecule has 0 aromatic heterocycles. The molecule has 1 atom stereocenters. The van der Waals surface area contributed by atoms with E-state index in [1.807, 2.05) is 0 Å². The maximum absolute atomic E-state index is 6.50. The third-order valence-corrected chi connectivity index (χ3v) is 8.21. The van der Waals surface area contributed by atoms with E-state index in [1.165, 1.54) is 109 Å². The highest BCUT2D eigenvalue weighted by Crippen LogP contribution is 2.32. The van der Waals surface area contributed by atoms with Crippen LogP contribution in [0.2, 0.25) is 0 Å². The van der Waals surface area contributed by atoms with Crippen molar-refractivity contribution in [3.05, 3.63) is 12.2 Å². The Morgan fingerprint density at radius 3 is 1.70 bits per heavy atom. The summed E-state index contributed by atoms with van der Waals surface area (Å²) in [6, 6.07) is 0.